The van der Waals surface area contributed by atoms with Gasteiger partial charge in [0.05, 0.1) is 17.4 Å². The molecular formula is C24H25FN2O2. The van der Waals surface area contributed by atoms with E-state index in [-0.39, 0.29) is 17.5 Å². The first-order valence-electron chi connectivity index (χ1n) is 10.3. The fraction of sp³-hybridized carbons (Fsp3) is 0.333. The van der Waals surface area contributed by atoms with E-state index in [2.05, 4.69) is 5.32 Å². The van der Waals surface area contributed by atoms with E-state index >= 15 is 0 Å². The standard InChI is InChI=1S/C24H25FN2O2/c1-2-3-11-22(29)27-20-9-5-4-7-18(20)26-19-8-6-10-21(28)23(19)24(27)16-12-14-17(25)15-13-16/h4-5,7,9,12-15,24,26H,2-3,6,8,10-11H2,1H3/t24-/m1/s1. The SMILES string of the molecule is CCCCC(=O)N1c2ccccc2NC2=C(C(=O)CCC2)[C@H]1c1ccc(F)cc1. The number of amides is 1. The Morgan fingerprint density at radius 3 is 2.66 bits per heavy atom. The van der Waals surface area contributed by atoms with Crippen LogP contribution < -0.4 is 10.2 Å². The first kappa shape index (κ1) is 19.4. The van der Waals surface area contributed by atoms with Crippen molar-refractivity contribution in [2.45, 2.75) is 51.5 Å². The first-order valence-corrected chi connectivity index (χ1v) is 10.3. The Kier molecular flexibility index (Phi) is 5.47. The zero-order valence-electron chi connectivity index (χ0n) is 16.6. The summed E-state index contributed by atoms with van der Waals surface area (Å²) in [5, 5.41) is 3.43. The summed E-state index contributed by atoms with van der Waals surface area (Å²) in [6.07, 6.45) is 4.09. The van der Waals surface area contributed by atoms with E-state index in [9.17, 15) is 14.0 Å². The largest absolute Gasteiger partial charge is 0.357 e. The Labute approximate surface area is 170 Å². The zero-order valence-corrected chi connectivity index (χ0v) is 16.6. The second-order valence-corrected chi connectivity index (χ2v) is 7.63. The maximum Gasteiger partial charge on any atom is 0.227 e. The van der Waals surface area contributed by atoms with Crippen LogP contribution in [0.15, 0.2) is 59.8 Å². The topological polar surface area (TPSA) is 49.4 Å². The number of benzene rings is 2. The first-order chi connectivity index (χ1) is 14.1. The van der Waals surface area contributed by atoms with Crippen molar-refractivity contribution in [3.8, 4) is 0 Å². The summed E-state index contributed by atoms with van der Waals surface area (Å²) in [5.74, 6) is -0.314. The number of fused-ring (bicyclic) bond motifs is 1. The third kappa shape index (κ3) is 3.69. The average molecular weight is 392 g/mol. The minimum Gasteiger partial charge on any atom is -0.357 e. The van der Waals surface area contributed by atoms with Crippen molar-refractivity contribution in [3.05, 3.63) is 71.2 Å². The number of nitrogens with zero attached hydrogens (tertiary/aromatic N) is 1. The normalized spacial score (nSPS) is 18.6. The van der Waals surface area contributed by atoms with Gasteiger partial charge in [-0.15, -0.1) is 0 Å². The number of ketones is 1. The Balaban J connectivity index is 1.94. The molecule has 2 aromatic carbocycles. The lowest BCUT2D eigenvalue weighted by Gasteiger charge is -2.34. The number of hydrogen-bond acceptors (Lipinski definition) is 3. The summed E-state index contributed by atoms with van der Waals surface area (Å²) in [6.45, 7) is 2.05. The van der Waals surface area contributed by atoms with E-state index in [0.717, 1.165) is 48.3 Å². The molecule has 5 heteroatoms. The average Bonchev–Trinajstić information content (AvgIpc) is 2.87. The van der Waals surface area contributed by atoms with Gasteiger partial charge in [0.15, 0.2) is 5.78 Å². The lowest BCUT2D eigenvalue weighted by Crippen LogP contribution is -2.38. The molecule has 29 heavy (non-hydrogen) atoms. The summed E-state index contributed by atoms with van der Waals surface area (Å²) >= 11 is 0. The zero-order chi connectivity index (χ0) is 20.4. The molecule has 1 aliphatic heterocycles. The molecule has 4 nitrogen and oxygen atoms in total. The van der Waals surface area contributed by atoms with Crippen LogP contribution in [-0.2, 0) is 9.59 Å². The Hall–Kier alpha value is -2.95. The predicted molar refractivity (Wildman–Crippen MR) is 112 cm³/mol. The number of para-hydroxylation sites is 2. The maximum atomic E-state index is 13.6. The molecule has 1 aliphatic carbocycles. The third-order valence-corrected chi connectivity index (χ3v) is 5.64. The van der Waals surface area contributed by atoms with Crippen LogP contribution in [0.2, 0.25) is 0 Å². The molecule has 0 radical (unpaired) electrons. The highest BCUT2D eigenvalue weighted by Gasteiger charge is 2.39. The number of hydrogen-bond donors (Lipinski definition) is 1. The fourth-order valence-corrected chi connectivity index (χ4v) is 4.22. The molecule has 0 spiro atoms. The van der Waals surface area contributed by atoms with Gasteiger partial charge >= 0.3 is 0 Å². The number of halogens is 1. The van der Waals surface area contributed by atoms with Gasteiger partial charge in [-0.1, -0.05) is 37.6 Å². The second kappa shape index (κ2) is 8.19. The quantitative estimate of drug-likeness (QED) is 0.745. The van der Waals surface area contributed by atoms with Crippen molar-refractivity contribution in [2.75, 3.05) is 10.2 Å². The molecule has 0 aromatic heterocycles. The van der Waals surface area contributed by atoms with Gasteiger partial charge in [0, 0.05) is 24.1 Å². The third-order valence-electron chi connectivity index (χ3n) is 5.64. The molecule has 0 saturated carbocycles. The molecule has 0 bridgehead atoms. The van der Waals surface area contributed by atoms with Gasteiger partial charge in [-0.2, -0.15) is 0 Å². The van der Waals surface area contributed by atoms with Crippen molar-refractivity contribution in [3.63, 3.8) is 0 Å². The van der Waals surface area contributed by atoms with Crippen LogP contribution in [0.4, 0.5) is 15.8 Å². The number of Topliss-reactive ketones (excluding diaryl/α,β-unsaturated/α-hetero) is 1. The molecule has 4 rings (SSSR count). The summed E-state index contributed by atoms with van der Waals surface area (Å²) in [6, 6.07) is 13.2. The van der Waals surface area contributed by atoms with Gasteiger partial charge in [-0.3, -0.25) is 14.5 Å². The summed E-state index contributed by atoms with van der Waals surface area (Å²) < 4.78 is 13.6. The molecule has 1 N–H and O–H groups in total. The molecule has 0 fully saturated rings. The van der Waals surface area contributed by atoms with Crippen molar-refractivity contribution in [1.82, 2.24) is 0 Å². The number of allylic oxidation sites excluding steroid dienone is 1. The number of anilines is 2. The molecule has 2 aromatic rings. The summed E-state index contributed by atoms with van der Waals surface area (Å²) in [4.78, 5) is 28.2. The Bertz CT molecular complexity index is 965. The second-order valence-electron chi connectivity index (χ2n) is 7.63. The number of carbonyl (C=O) groups excluding carboxylic acids is 2. The van der Waals surface area contributed by atoms with Crippen LogP contribution in [0.5, 0.6) is 0 Å². The van der Waals surface area contributed by atoms with E-state index in [1.807, 2.05) is 31.2 Å². The van der Waals surface area contributed by atoms with Gasteiger partial charge in [0.1, 0.15) is 5.82 Å². The van der Waals surface area contributed by atoms with Gasteiger partial charge in [-0.05, 0) is 49.1 Å². The van der Waals surface area contributed by atoms with E-state index in [1.165, 1.54) is 12.1 Å². The molecule has 1 heterocycles. The maximum absolute atomic E-state index is 13.6. The van der Waals surface area contributed by atoms with Gasteiger partial charge in [0.2, 0.25) is 5.91 Å². The van der Waals surface area contributed by atoms with Gasteiger partial charge in [0.25, 0.3) is 0 Å². The van der Waals surface area contributed by atoms with E-state index < -0.39 is 6.04 Å². The van der Waals surface area contributed by atoms with Crippen molar-refractivity contribution >= 4 is 23.1 Å². The van der Waals surface area contributed by atoms with Crippen LogP contribution in [0.1, 0.15) is 57.1 Å². The highest BCUT2D eigenvalue weighted by molar-refractivity contribution is 6.06. The highest BCUT2D eigenvalue weighted by Crippen LogP contribution is 2.45. The van der Waals surface area contributed by atoms with Crippen molar-refractivity contribution < 1.29 is 14.0 Å². The minimum absolute atomic E-state index is 0.0254. The highest BCUT2D eigenvalue weighted by atomic mass is 19.1. The molecular weight excluding hydrogens is 367 g/mol. The van der Waals surface area contributed by atoms with E-state index in [1.54, 1.807) is 17.0 Å². The number of unbranched alkanes of at least 4 members (excludes halogenated alkanes) is 1. The molecule has 0 unspecified atom stereocenters. The number of rotatable bonds is 4. The smallest absolute Gasteiger partial charge is 0.227 e. The monoisotopic (exact) mass is 392 g/mol. The Morgan fingerprint density at radius 1 is 1.14 bits per heavy atom. The van der Waals surface area contributed by atoms with Crippen LogP contribution in [0.25, 0.3) is 0 Å². The van der Waals surface area contributed by atoms with Crippen LogP contribution in [0.3, 0.4) is 0 Å². The molecule has 1 atom stereocenters. The molecule has 2 aliphatic rings. The van der Waals surface area contributed by atoms with Gasteiger partial charge in [-0.25, -0.2) is 4.39 Å². The summed E-state index contributed by atoms with van der Waals surface area (Å²) in [5.41, 5.74) is 3.82. The van der Waals surface area contributed by atoms with Crippen molar-refractivity contribution in [2.24, 2.45) is 0 Å². The lowest BCUT2D eigenvalue weighted by atomic mass is 9.85. The van der Waals surface area contributed by atoms with Crippen LogP contribution in [-0.4, -0.2) is 11.7 Å². The van der Waals surface area contributed by atoms with E-state index in [4.69, 9.17) is 0 Å². The van der Waals surface area contributed by atoms with Crippen molar-refractivity contribution in [1.29, 1.82) is 0 Å². The number of carbonyl (C=O) groups is 2. The fourth-order valence-electron chi connectivity index (χ4n) is 4.22. The minimum atomic E-state index is -0.557. The summed E-state index contributed by atoms with van der Waals surface area (Å²) in [7, 11) is 0. The molecule has 1 amide bonds. The molecule has 150 valence electrons. The Morgan fingerprint density at radius 2 is 1.90 bits per heavy atom. The lowest BCUT2D eigenvalue weighted by molar-refractivity contribution is -0.119. The van der Waals surface area contributed by atoms with E-state index in [0.29, 0.717) is 18.4 Å². The number of nitrogens with one attached hydrogen (secondary N) is 1. The van der Waals surface area contributed by atoms with Crippen LogP contribution in [0, 0.1) is 5.82 Å². The molecule has 0 saturated heterocycles. The van der Waals surface area contributed by atoms with Gasteiger partial charge < -0.3 is 5.32 Å². The predicted octanol–water partition coefficient (Wildman–Crippen LogP) is 5.52. The van der Waals surface area contributed by atoms with Crippen LogP contribution >= 0.6 is 0 Å².